The average Bonchev–Trinajstić information content (AvgIpc) is 2.99. The van der Waals surface area contributed by atoms with Crippen LogP contribution in [0.1, 0.15) is 78.1 Å². The standard InChI is InChI=1S/C19H38N2/c1-5-15-20-18(17-11-9-16(6-2)10-12-17)19(21(3)4)13-7-8-14-19/h16-18,20H,5-15H2,1-4H3. The van der Waals surface area contributed by atoms with Crippen LogP contribution in [0.3, 0.4) is 0 Å². The first-order chi connectivity index (χ1) is 10.1. The molecule has 0 bridgehead atoms. The molecule has 0 aliphatic heterocycles. The van der Waals surface area contributed by atoms with E-state index >= 15 is 0 Å². The summed E-state index contributed by atoms with van der Waals surface area (Å²) in [5.41, 5.74) is 0.429. The highest BCUT2D eigenvalue weighted by Crippen LogP contribution is 2.43. The summed E-state index contributed by atoms with van der Waals surface area (Å²) in [4.78, 5) is 2.57. The Morgan fingerprint density at radius 1 is 1.05 bits per heavy atom. The van der Waals surface area contributed by atoms with E-state index in [1.165, 1.54) is 70.8 Å². The number of rotatable bonds is 7. The Labute approximate surface area is 133 Å². The molecule has 0 aromatic heterocycles. The van der Waals surface area contributed by atoms with Crippen LogP contribution in [0.5, 0.6) is 0 Å². The summed E-state index contributed by atoms with van der Waals surface area (Å²) in [6, 6.07) is 0.716. The van der Waals surface area contributed by atoms with Crippen molar-refractivity contribution >= 4 is 0 Å². The number of likely N-dealkylation sites (N-methyl/N-ethyl adjacent to an activating group) is 1. The summed E-state index contributed by atoms with van der Waals surface area (Å²) in [6.07, 6.45) is 14.1. The van der Waals surface area contributed by atoms with Gasteiger partial charge in [0.1, 0.15) is 0 Å². The molecule has 0 saturated heterocycles. The predicted octanol–water partition coefficient (Wildman–Crippen LogP) is 4.45. The molecule has 2 heteroatoms. The van der Waals surface area contributed by atoms with Gasteiger partial charge in [0.25, 0.3) is 0 Å². The lowest BCUT2D eigenvalue weighted by atomic mass is 9.70. The van der Waals surface area contributed by atoms with E-state index in [1.54, 1.807) is 0 Å². The molecule has 0 aromatic rings. The number of hydrogen-bond acceptors (Lipinski definition) is 2. The average molecular weight is 295 g/mol. The van der Waals surface area contributed by atoms with Crippen LogP contribution in [0.4, 0.5) is 0 Å². The van der Waals surface area contributed by atoms with E-state index in [0.717, 1.165) is 11.8 Å². The molecule has 124 valence electrons. The van der Waals surface area contributed by atoms with Gasteiger partial charge in [-0.25, -0.2) is 0 Å². The van der Waals surface area contributed by atoms with Gasteiger partial charge in [-0.15, -0.1) is 0 Å². The van der Waals surface area contributed by atoms with Crippen molar-refractivity contribution in [1.29, 1.82) is 0 Å². The second kappa shape index (κ2) is 7.97. The SMILES string of the molecule is CCCNC(C1CCC(CC)CC1)C1(N(C)C)CCCC1. The van der Waals surface area contributed by atoms with Crippen molar-refractivity contribution in [3.8, 4) is 0 Å². The molecule has 2 fully saturated rings. The summed E-state index contributed by atoms with van der Waals surface area (Å²) >= 11 is 0. The lowest BCUT2D eigenvalue weighted by Crippen LogP contribution is -2.61. The molecule has 2 aliphatic carbocycles. The third-order valence-corrected chi connectivity index (χ3v) is 6.49. The Kier molecular flexibility index (Phi) is 6.55. The molecule has 0 heterocycles. The van der Waals surface area contributed by atoms with E-state index in [-0.39, 0.29) is 0 Å². The van der Waals surface area contributed by atoms with Crippen LogP contribution in [0.15, 0.2) is 0 Å². The van der Waals surface area contributed by atoms with E-state index in [2.05, 4.69) is 38.2 Å². The van der Waals surface area contributed by atoms with Gasteiger partial charge in [0.2, 0.25) is 0 Å². The molecular formula is C19H38N2. The molecule has 2 rings (SSSR count). The number of nitrogens with one attached hydrogen (secondary N) is 1. The number of hydrogen-bond donors (Lipinski definition) is 1. The smallest absolute Gasteiger partial charge is 0.0359 e. The Morgan fingerprint density at radius 2 is 1.67 bits per heavy atom. The first-order valence-electron chi connectivity index (χ1n) is 9.54. The predicted molar refractivity (Wildman–Crippen MR) is 92.7 cm³/mol. The maximum Gasteiger partial charge on any atom is 0.0359 e. The van der Waals surface area contributed by atoms with Gasteiger partial charge in [-0.05, 0) is 64.6 Å². The van der Waals surface area contributed by atoms with Crippen molar-refractivity contribution in [3.05, 3.63) is 0 Å². The normalized spacial score (nSPS) is 30.7. The van der Waals surface area contributed by atoms with Crippen LogP contribution < -0.4 is 5.32 Å². The van der Waals surface area contributed by atoms with E-state index in [4.69, 9.17) is 0 Å². The molecule has 2 aliphatic rings. The first-order valence-corrected chi connectivity index (χ1v) is 9.54. The van der Waals surface area contributed by atoms with Crippen LogP contribution >= 0.6 is 0 Å². The largest absolute Gasteiger partial charge is 0.312 e. The minimum Gasteiger partial charge on any atom is -0.312 e. The molecule has 1 unspecified atom stereocenters. The van der Waals surface area contributed by atoms with Crippen LogP contribution in [0.2, 0.25) is 0 Å². The second-order valence-electron chi connectivity index (χ2n) is 7.83. The molecule has 2 saturated carbocycles. The van der Waals surface area contributed by atoms with Crippen LogP contribution in [-0.2, 0) is 0 Å². The summed E-state index contributed by atoms with van der Waals surface area (Å²) in [7, 11) is 4.65. The Bertz CT molecular complexity index is 286. The molecule has 0 aromatic carbocycles. The molecule has 0 radical (unpaired) electrons. The summed E-state index contributed by atoms with van der Waals surface area (Å²) in [5, 5.41) is 3.99. The minimum absolute atomic E-state index is 0.429. The summed E-state index contributed by atoms with van der Waals surface area (Å²) in [5.74, 6) is 1.91. The van der Waals surface area contributed by atoms with Gasteiger partial charge < -0.3 is 10.2 Å². The Balaban J connectivity index is 2.10. The van der Waals surface area contributed by atoms with Gasteiger partial charge in [-0.2, -0.15) is 0 Å². The highest BCUT2D eigenvalue weighted by Gasteiger charge is 2.46. The van der Waals surface area contributed by atoms with E-state index < -0.39 is 0 Å². The lowest BCUT2D eigenvalue weighted by Gasteiger charge is -2.48. The molecular weight excluding hydrogens is 256 g/mol. The molecule has 1 N–H and O–H groups in total. The first kappa shape index (κ1) is 17.3. The van der Waals surface area contributed by atoms with Crippen molar-refractivity contribution in [1.82, 2.24) is 10.2 Å². The fourth-order valence-electron chi connectivity index (χ4n) is 5.05. The zero-order valence-electron chi connectivity index (χ0n) is 15.0. The second-order valence-corrected chi connectivity index (χ2v) is 7.83. The van der Waals surface area contributed by atoms with Gasteiger partial charge in [-0.3, -0.25) is 0 Å². The van der Waals surface area contributed by atoms with E-state index in [1.807, 2.05) is 0 Å². The molecule has 21 heavy (non-hydrogen) atoms. The van der Waals surface area contributed by atoms with Crippen LogP contribution in [0.25, 0.3) is 0 Å². The van der Waals surface area contributed by atoms with Crippen LogP contribution in [0, 0.1) is 11.8 Å². The summed E-state index contributed by atoms with van der Waals surface area (Å²) < 4.78 is 0. The Morgan fingerprint density at radius 3 is 2.14 bits per heavy atom. The van der Waals surface area contributed by atoms with Gasteiger partial charge in [0.15, 0.2) is 0 Å². The molecule has 0 amide bonds. The highest BCUT2D eigenvalue weighted by atomic mass is 15.2. The zero-order valence-corrected chi connectivity index (χ0v) is 15.0. The topological polar surface area (TPSA) is 15.3 Å². The van der Waals surface area contributed by atoms with Crippen LogP contribution in [-0.4, -0.2) is 37.1 Å². The number of nitrogens with zero attached hydrogens (tertiary/aromatic N) is 1. The third kappa shape index (κ3) is 3.82. The fourth-order valence-corrected chi connectivity index (χ4v) is 5.05. The maximum absolute atomic E-state index is 3.99. The van der Waals surface area contributed by atoms with Gasteiger partial charge in [0.05, 0.1) is 0 Å². The van der Waals surface area contributed by atoms with Gasteiger partial charge >= 0.3 is 0 Å². The van der Waals surface area contributed by atoms with E-state index in [0.29, 0.717) is 11.6 Å². The van der Waals surface area contributed by atoms with E-state index in [9.17, 15) is 0 Å². The molecule has 0 spiro atoms. The highest BCUT2D eigenvalue weighted by molar-refractivity contribution is 5.05. The van der Waals surface area contributed by atoms with Gasteiger partial charge in [-0.1, -0.05) is 46.0 Å². The van der Waals surface area contributed by atoms with Crippen molar-refractivity contribution in [2.24, 2.45) is 11.8 Å². The third-order valence-electron chi connectivity index (χ3n) is 6.49. The van der Waals surface area contributed by atoms with Crippen molar-refractivity contribution in [2.75, 3.05) is 20.6 Å². The lowest BCUT2D eigenvalue weighted by molar-refractivity contribution is 0.0551. The monoisotopic (exact) mass is 294 g/mol. The molecule has 1 atom stereocenters. The fraction of sp³-hybridized carbons (Fsp3) is 1.00. The molecule has 2 nitrogen and oxygen atoms in total. The quantitative estimate of drug-likeness (QED) is 0.746. The van der Waals surface area contributed by atoms with Gasteiger partial charge in [0, 0.05) is 11.6 Å². The zero-order chi connectivity index (χ0) is 15.3. The minimum atomic E-state index is 0.429. The van der Waals surface area contributed by atoms with Crippen molar-refractivity contribution < 1.29 is 0 Å². The summed E-state index contributed by atoms with van der Waals surface area (Å²) in [6.45, 7) is 5.86. The Hall–Kier alpha value is -0.0800. The van der Waals surface area contributed by atoms with Crippen molar-refractivity contribution in [2.45, 2.75) is 89.6 Å². The maximum atomic E-state index is 3.99. The van der Waals surface area contributed by atoms with Crippen molar-refractivity contribution in [3.63, 3.8) is 0 Å².